The second-order valence-electron chi connectivity index (χ2n) is 7.61. The van der Waals surface area contributed by atoms with E-state index < -0.39 is 0 Å². The standard InChI is InChI=1S/C24H28N2O3S/c1-4-28-19-11-9-18(10-12-19)22(26-13-5-6-14-26)21-16(2)17(3)30-24(21)25-23(27)20-8-7-15-29-20/h7-12,15,22H,4-6,13-14H2,1-3H3,(H,25,27)/t22-/m0/s1. The van der Waals surface area contributed by atoms with E-state index in [4.69, 9.17) is 9.15 Å². The number of likely N-dealkylation sites (tertiary alicyclic amines) is 1. The van der Waals surface area contributed by atoms with Crippen LogP contribution in [0.3, 0.4) is 0 Å². The fourth-order valence-corrected chi connectivity index (χ4v) is 5.20. The van der Waals surface area contributed by atoms with E-state index in [0.29, 0.717) is 12.4 Å². The maximum atomic E-state index is 12.7. The minimum absolute atomic E-state index is 0.0972. The van der Waals surface area contributed by atoms with E-state index in [2.05, 4.69) is 36.2 Å². The average molecular weight is 425 g/mol. The van der Waals surface area contributed by atoms with Crippen LogP contribution in [-0.2, 0) is 0 Å². The summed E-state index contributed by atoms with van der Waals surface area (Å²) in [5, 5.41) is 4.01. The van der Waals surface area contributed by atoms with Crippen LogP contribution in [0.25, 0.3) is 0 Å². The van der Waals surface area contributed by atoms with Crippen molar-refractivity contribution in [3.8, 4) is 5.75 Å². The highest BCUT2D eigenvalue weighted by Gasteiger charge is 2.31. The van der Waals surface area contributed by atoms with Crippen LogP contribution in [0, 0.1) is 13.8 Å². The summed E-state index contributed by atoms with van der Waals surface area (Å²) < 4.78 is 10.9. The van der Waals surface area contributed by atoms with Crippen LogP contribution in [0.2, 0.25) is 0 Å². The first-order valence-corrected chi connectivity index (χ1v) is 11.3. The van der Waals surface area contributed by atoms with Crippen LogP contribution < -0.4 is 10.1 Å². The monoisotopic (exact) mass is 424 g/mol. The number of benzene rings is 1. The zero-order valence-electron chi connectivity index (χ0n) is 17.7. The Morgan fingerprint density at radius 1 is 1.20 bits per heavy atom. The molecule has 1 fully saturated rings. The number of aryl methyl sites for hydroxylation is 1. The summed E-state index contributed by atoms with van der Waals surface area (Å²) >= 11 is 1.63. The third-order valence-electron chi connectivity index (χ3n) is 5.69. The molecule has 5 nitrogen and oxygen atoms in total. The van der Waals surface area contributed by atoms with Crippen molar-refractivity contribution in [2.45, 2.75) is 39.7 Å². The average Bonchev–Trinajstić information content (AvgIpc) is 3.49. The van der Waals surface area contributed by atoms with Gasteiger partial charge in [-0.05, 0) is 82.1 Å². The van der Waals surface area contributed by atoms with Gasteiger partial charge >= 0.3 is 0 Å². The van der Waals surface area contributed by atoms with E-state index in [0.717, 1.165) is 23.8 Å². The topological polar surface area (TPSA) is 54.7 Å². The highest BCUT2D eigenvalue weighted by molar-refractivity contribution is 7.16. The number of nitrogens with one attached hydrogen (secondary N) is 1. The lowest BCUT2D eigenvalue weighted by atomic mass is 9.95. The summed E-state index contributed by atoms with van der Waals surface area (Å²) in [5.74, 6) is 0.990. The molecule has 6 heteroatoms. The van der Waals surface area contributed by atoms with Gasteiger partial charge in [0.05, 0.1) is 18.9 Å². The molecule has 158 valence electrons. The molecule has 4 rings (SSSR count). The molecule has 0 bridgehead atoms. The van der Waals surface area contributed by atoms with E-state index in [-0.39, 0.29) is 11.9 Å². The number of anilines is 1. The smallest absolute Gasteiger partial charge is 0.291 e. The normalized spacial score (nSPS) is 15.3. The Bertz CT molecular complexity index is 986. The molecule has 0 spiro atoms. The molecule has 1 aromatic carbocycles. The predicted molar refractivity (Wildman–Crippen MR) is 121 cm³/mol. The number of hydrogen-bond donors (Lipinski definition) is 1. The highest BCUT2D eigenvalue weighted by Crippen LogP contribution is 2.43. The number of ether oxygens (including phenoxy) is 1. The molecule has 2 aromatic heterocycles. The Morgan fingerprint density at radius 2 is 1.93 bits per heavy atom. The molecular formula is C24H28N2O3S. The van der Waals surface area contributed by atoms with E-state index in [1.807, 2.05) is 19.1 Å². The quantitative estimate of drug-likeness (QED) is 0.521. The van der Waals surface area contributed by atoms with Crippen LogP contribution in [0.5, 0.6) is 5.75 Å². The molecule has 1 aliphatic heterocycles. The molecule has 3 aromatic rings. The second kappa shape index (κ2) is 9.06. The van der Waals surface area contributed by atoms with Crippen LogP contribution in [-0.4, -0.2) is 30.5 Å². The van der Waals surface area contributed by atoms with Gasteiger partial charge in [-0.25, -0.2) is 0 Å². The molecular weight excluding hydrogens is 396 g/mol. The van der Waals surface area contributed by atoms with Crippen molar-refractivity contribution in [1.82, 2.24) is 4.90 Å². The van der Waals surface area contributed by atoms with Gasteiger partial charge in [0.2, 0.25) is 0 Å². The molecule has 0 aliphatic carbocycles. The summed E-state index contributed by atoms with van der Waals surface area (Å²) in [6.07, 6.45) is 3.92. The lowest BCUT2D eigenvalue weighted by Gasteiger charge is -2.29. The number of thiophene rings is 1. The molecule has 1 saturated heterocycles. The molecule has 1 amide bonds. The van der Waals surface area contributed by atoms with Gasteiger partial charge in [-0.3, -0.25) is 9.69 Å². The molecule has 30 heavy (non-hydrogen) atoms. The Labute approximate surface area is 181 Å². The summed E-state index contributed by atoms with van der Waals surface area (Å²) in [6.45, 7) is 9.02. The largest absolute Gasteiger partial charge is 0.494 e. The number of rotatable bonds is 7. The molecule has 1 atom stereocenters. The summed E-state index contributed by atoms with van der Waals surface area (Å²) in [4.78, 5) is 16.5. The number of hydrogen-bond acceptors (Lipinski definition) is 5. The zero-order chi connectivity index (χ0) is 21.1. The first-order chi connectivity index (χ1) is 14.6. The Morgan fingerprint density at radius 3 is 2.57 bits per heavy atom. The van der Waals surface area contributed by atoms with E-state index in [1.54, 1.807) is 23.5 Å². The zero-order valence-corrected chi connectivity index (χ0v) is 18.6. The Hall–Kier alpha value is -2.57. The van der Waals surface area contributed by atoms with E-state index in [1.165, 1.54) is 40.7 Å². The van der Waals surface area contributed by atoms with Crippen molar-refractivity contribution in [2.24, 2.45) is 0 Å². The number of amides is 1. The Kier molecular flexibility index (Phi) is 6.25. The number of furan rings is 1. The van der Waals surface area contributed by atoms with Crippen molar-refractivity contribution in [1.29, 1.82) is 0 Å². The number of carbonyl (C=O) groups excluding carboxylic acids is 1. The summed E-state index contributed by atoms with van der Waals surface area (Å²) in [5.41, 5.74) is 3.64. The molecule has 1 N–H and O–H groups in total. The van der Waals surface area contributed by atoms with Crippen molar-refractivity contribution in [3.63, 3.8) is 0 Å². The minimum Gasteiger partial charge on any atom is -0.494 e. The van der Waals surface area contributed by atoms with Crippen molar-refractivity contribution >= 4 is 22.2 Å². The predicted octanol–water partition coefficient (Wildman–Crippen LogP) is 5.79. The van der Waals surface area contributed by atoms with Gasteiger partial charge in [0, 0.05) is 10.4 Å². The second-order valence-corrected chi connectivity index (χ2v) is 8.83. The fraction of sp³-hybridized carbons (Fsp3) is 0.375. The van der Waals surface area contributed by atoms with Crippen LogP contribution in [0.15, 0.2) is 47.1 Å². The first-order valence-electron chi connectivity index (χ1n) is 10.5. The van der Waals surface area contributed by atoms with E-state index in [9.17, 15) is 4.79 Å². The minimum atomic E-state index is -0.214. The fourth-order valence-electron chi connectivity index (χ4n) is 4.11. The van der Waals surface area contributed by atoms with Gasteiger partial charge in [0.15, 0.2) is 5.76 Å². The molecule has 0 radical (unpaired) electrons. The van der Waals surface area contributed by atoms with Gasteiger partial charge in [-0.2, -0.15) is 0 Å². The SMILES string of the molecule is CCOc1ccc([C@@H](c2c(NC(=O)c3ccco3)sc(C)c2C)N2CCCC2)cc1. The van der Waals surface area contributed by atoms with Crippen LogP contribution >= 0.6 is 11.3 Å². The third-order valence-corrected chi connectivity index (χ3v) is 6.83. The van der Waals surface area contributed by atoms with Crippen molar-refractivity contribution in [3.05, 3.63) is 70.0 Å². The maximum absolute atomic E-state index is 12.7. The number of nitrogens with zero attached hydrogens (tertiary/aromatic N) is 1. The molecule has 3 heterocycles. The molecule has 0 unspecified atom stereocenters. The van der Waals surface area contributed by atoms with Gasteiger partial charge < -0.3 is 14.5 Å². The highest BCUT2D eigenvalue weighted by atomic mass is 32.1. The van der Waals surface area contributed by atoms with Gasteiger partial charge in [-0.1, -0.05) is 12.1 Å². The molecule has 0 saturated carbocycles. The third kappa shape index (κ3) is 4.16. The summed E-state index contributed by atoms with van der Waals surface area (Å²) in [6, 6.07) is 11.9. The first kappa shape index (κ1) is 20.7. The molecule has 1 aliphatic rings. The number of carbonyl (C=O) groups is 1. The van der Waals surface area contributed by atoms with E-state index >= 15 is 0 Å². The van der Waals surface area contributed by atoms with Gasteiger partial charge in [0.25, 0.3) is 5.91 Å². The van der Waals surface area contributed by atoms with Crippen LogP contribution in [0.1, 0.15) is 57.9 Å². The lowest BCUT2D eigenvalue weighted by molar-refractivity contribution is 0.0997. The lowest BCUT2D eigenvalue weighted by Crippen LogP contribution is -2.27. The van der Waals surface area contributed by atoms with Gasteiger partial charge in [-0.15, -0.1) is 11.3 Å². The van der Waals surface area contributed by atoms with Crippen molar-refractivity contribution < 1.29 is 13.9 Å². The maximum Gasteiger partial charge on any atom is 0.291 e. The summed E-state index contributed by atoms with van der Waals surface area (Å²) in [7, 11) is 0. The van der Waals surface area contributed by atoms with Crippen molar-refractivity contribution in [2.75, 3.05) is 25.0 Å². The van der Waals surface area contributed by atoms with Gasteiger partial charge in [0.1, 0.15) is 10.8 Å². The Balaban J connectivity index is 1.74. The van der Waals surface area contributed by atoms with Crippen LogP contribution in [0.4, 0.5) is 5.00 Å².